The van der Waals surface area contributed by atoms with Crippen molar-refractivity contribution in [2.45, 2.75) is 58.8 Å². The minimum Gasteiger partial charge on any atom is -0.335 e. The maximum absolute atomic E-state index is 12.8. The number of nitrogens with zero attached hydrogens (tertiary/aromatic N) is 1. The summed E-state index contributed by atoms with van der Waals surface area (Å²) in [5, 5.41) is 0. The maximum Gasteiger partial charge on any atom is 0.229 e. The van der Waals surface area contributed by atoms with Gasteiger partial charge in [-0.1, -0.05) is 26.7 Å². The van der Waals surface area contributed by atoms with Gasteiger partial charge in [-0.15, -0.1) is 0 Å². The molecule has 1 saturated heterocycles. The van der Waals surface area contributed by atoms with E-state index < -0.39 is 0 Å². The van der Waals surface area contributed by atoms with Crippen molar-refractivity contribution >= 4 is 11.7 Å². The molecule has 3 nitrogen and oxygen atoms in total. The van der Waals surface area contributed by atoms with E-state index in [2.05, 4.69) is 13.8 Å². The van der Waals surface area contributed by atoms with Crippen molar-refractivity contribution in [3.8, 4) is 0 Å². The van der Waals surface area contributed by atoms with E-state index in [1.165, 1.54) is 12.8 Å². The fourth-order valence-electron chi connectivity index (χ4n) is 3.69. The van der Waals surface area contributed by atoms with Crippen molar-refractivity contribution < 1.29 is 9.59 Å². The molecule has 102 valence electrons. The molecule has 0 radical (unpaired) electrons. The van der Waals surface area contributed by atoms with E-state index in [9.17, 15) is 9.59 Å². The number of likely N-dealkylation sites (tertiary alicyclic amines) is 1. The van der Waals surface area contributed by atoms with Gasteiger partial charge < -0.3 is 4.90 Å². The molecule has 1 amide bonds. The topological polar surface area (TPSA) is 37.4 Å². The summed E-state index contributed by atoms with van der Waals surface area (Å²) < 4.78 is 0. The monoisotopic (exact) mass is 251 g/mol. The molecule has 0 spiro atoms. The fraction of sp³-hybridized carbons (Fsp3) is 0.867. The van der Waals surface area contributed by atoms with Crippen LogP contribution in [0.4, 0.5) is 0 Å². The number of rotatable bonds is 3. The zero-order valence-electron chi connectivity index (χ0n) is 11.7. The average molecular weight is 251 g/mol. The lowest BCUT2D eigenvalue weighted by molar-refractivity contribution is -0.147. The molecular weight excluding hydrogens is 226 g/mol. The zero-order chi connectivity index (χ0) is 13.2. The number of hydrogen-bond donors (Lipinski definition) is 0. The standard InChI is InChI=1S/C15H25NO2/c1-12(2)10-15(7-3-4-8-15)14(18)16-9-5-6-13(17)11-16/h12H,3-11H2,1-2H3. The van der Waals surface area contributed by atoms with E-state index in [0.717, 1.165) is 32.2 Å². The molecule has 0 bridgehead atoms. The van der Waals surface area contributed by atoms with E-state index in [1.54, 1.807) is 0 Å². The van der Waals surface area contributed by atoms with E-state index >= 15 is 0 Å². The van der Waals surface area contributed by atoms with Crippen molar-refractivity contribution in [2.24, 2.45) is 11.3 Å². The molecule has 1 aliphatic heterocycles. The summed E-state index contributed by atoms with van der Waals surface area (Å²) in [7, 11) is 0. The number of carbonyl (C=O) groups excluding carboxylic acids is 2. The molecule has 1 aliphatic carbocycles. The second kappa shape index (κ2) is 5.41. The molecule has 0 atom stereocenters. The van der Waals surface area contributed by atoms with Gasteiger partial charge in [-0.25, -0.2) is 0 Å². The van der Waals surface area contributed by atoms with Crippen LogP contribution in [-0.4, -0.2) is 29.7 Å². The third-order valence-corrected chi connectivity index (χ3v) is 4.35. The first kappa shape index (κ1) is 13.6. The molecule has 0 aromatic heterocycles. The lowest BCUT2D eigenvalue weighted by Gasteiger charge is -2.37. The Morgan fingerprint density at radius 2 is 1.94 bits per heavy atom. The van der Waals surface area contributed by atoms with Crippen LogP contribution in [0.5, 0.6) is 0 Å². The summed E-state index contributed by atoms with van der Waals surface area (Å²) in [5.74, 6) is 1.04. The number of carbonyl (C=O) groups is 2. The van der Waals surface area contributed by atoms with Gasteiger partial charge >= 0.3 is 0 Å². The van der Waals surface area contributed by atoms with Crippen molar-refractivity contribution in [3.05, 3.63) is 0 Å². The third-order valence-electron chi connectivity index (χ3n) is 4.35. The van der Waals surface area contributed by atoms with Crippen LogP contribution >= 0.6 is 0 Å². The van der Waals surface area contributed by atoms with Crippen molar-refractivity contribution in [1.82, 2.24) is 4.90 Å². The number of hydrogen-bond acceptors (Lipinski definition) is 2. The second-order valence-corrected chi connectivity index (χ2v) is 6.45. The van der Waals surface area contributed by atoms with Gasteiger partial charge in [-0.05, 0) is 31.6 Å². The van der Waals surface area contributed by atoms with Gasteiger partial charge in [0.2, 0.25) is 5.91 Å². The first-order valence-electron chi connectivity index (χ1n) is 7.35. The largest absolute Gasteiger partial charge is 0.335 e. The van der Waals surface area contributed by atoms with Crippen molar-refractivity contribution in [3.63, 3.8) is 0 Å². The van der Waals surface area contributed by atoms with E-state index in [4.69, 9.17) is 0 Å². The SMILES string of the molecule is CC(C)CC1(C(=O)N2CCCC(=O)C2)CCCC1. The lowest BCUT2D eigenvalue weighted by atomic mass is 9.77. The van der Waals surface area contributed by atoms with Crippen LogP contribution in [0, 0.1) is 11.3 Å². The summed E-state index contributed by atoms with van der Waals surface area (Å²) in [4.78, 5) is 26.1. The van der Waals surface area contributed by atoms with Gasteiger partial charge in [0, 0.05) is 18.4 Å². The molecule has 3 heteroatoms. The Hall–Kier alpha value is -0.860. The molecule has 1 saturated carbocycles. The summed E-state index contributed by atoms with van der Waals surface area (Å²) in [6, 6.07) is 0. The molecule has 2 rings (SSSR count). The van der Waals surface area contributed by atoms with Gasteiger partial charge in [0.25, 0.3) is 0 Å². The minimum atomic E-state index is -0.147. The molecule has 18 heavy (non-hydrogen) atoms. The van der Waals surface area contributed by atoms with E-state index in [-0.39, 0.29) is 17.1 Å². The van der Waals surface area contributed by atoms with Crippen LogP contribution in [0.25, 0.3) is 0 Å². The number of piperidine rings is 1. The first-order valence-corrected chi connectivity index (χ1v) is 7.35. The summed E-state index contributed by atoms with van der Waals surface area (Å²) >= 11 is 0. The second-order valence-electron chi connectivity index (χ2n) is 6.45. The number of amides is 1. The molecule has 0 N–H and O–H groups in total. The third kappa shape index (κ3) is 2.76. The van der Waals surface area contributed by atoms with Gasteiger partial charge in [-0.3, -0.25) is 9.59 Å². The molecule has 0 aromatic carbocycles. The zero-order valence-corrected chi connectivity index (χ0v) is 11.7. The predicted molar refractivity (Wildman–Crippen MR) is 71.2 cm³/mol. The molecule has 0 aromatic rings. The van der Waals surface area contributed by atoms with E-state index in [0.29, 0.717) is 18.9 Å². The Balaban J connectivity index is 2.10. The summed E-state index contributed by atoms with van der Waals surface area (Å²) in [5.41, 5.74) is -0.147. The van der Waals surface area contributed by atoms with Crippen LogP contribution in [0.3, 0.4) is 0 Å². The number of Topliss-reactive ketones (excluding diaryl/α,β-unsaturated/α-hetero) is 1. The van der Waals surface area contributed by atoms with Crippen LogP contribution in [0.2, 0.25) is 0 Å². The molecule has 2 aliphatic rings. The van der Waals surface area contributed by atoms with Crippen LogP contribution < -0.4 is 0 Å². The highest BCUT2D eigenvalue weighted by atomic mass is 16.2. The maximum atomic E-state index is 12.8. The molecule has 1 heterocycles. The van der Waals surface area contributed by atoms with E-state index in [1.807, 2.05) is 4.90 Å². The quantitative estimate of drug-likeness (QED) is 0.773. The Morgan fingerprint density at radius 3 is 2.50 bits per heavy atom. The van der Waals surface area contributed by atoms with Crippen LogP contribution in [0.15, 0.2) is 0 Å². The Kier molecular flexibility index (Phi) is 4.08. The van der Waals surface area contributed by atoms with Gasteiger partial charge in [0.15, 0.2) is 5.78 Å². The van der Waals surface area contributed by atoms with Gasteiger partial charge in [0.05, 0.1) is 6.54 Å². The smallest absolute Gasteiger partial charge is 0.229 e. The Morgan fingerprint density at radius 1 is 1.28 bits per heavy atom. The van der Waals surface area contributed by atoms with Gasteiger partial charge in [-0.2, -0.15) is 0 Å². The van der Waals surface area contributed by atoms with Crippen LogP contribution in [0.1, 0.15) is 58.8 Å². The summed E-state index contributed by atoms with van der Waals surface area (Å²) in [6.45, 7) is 5.52. The Bertz CT molecular complexity index is 329. The highest BCUT2D eigenvalue weighted by Gasteiger charge is 2.44. The highest BCUT2D eigenvalue weighted by molar-refractivity contribution is 5.90. The predicted octanol–water partition coefficient (Wildman–Crippen LogP) is 2.78. The highest BCUT2D eigenvalue weighted by Crippen LogP contribution is 2.44. The molecule has 2 fully saturated rings. The average Bonchev–Trinajstić information content (AvgIpc) is 2.77. The van der Waals surface area contributed by atoms with Crippen molar-refractivity contribution in [2.75, 3.05) is 13.1 Å². The normalized spacial score (nSPS) is 23.7. The number of ketones is 1. The van der Waals surface area contributed by atoms with Crippen LogP contribution in [-0.2, 0) is 9.59 Å². The molecular formula is C15H25NO2. The molecule has 0 unspecified atom stereocenters. The Labute approximate surface area is 110 Å². The fourth-order valence-corrected chi connectivity index (χ4v) is 3.69. The first-order chi connectivity index (χ1) is 8.53. The minimum absolute atomic E-state index is 0.147. The summed E-state index contributed by atoms with van der Waals surface area (Å²) in [6.07, 6.45) is 6.86. The van der Waals surface area contributed by atoms with Crippen molar-refractivity contribution in [1.29, 1.82) is 0 Å². The lowest BCUT2D eigenvalue weighted by Crippen LogP contribution is -2.48. The van der Waals surface area contributed by atoms with Gasteiger partial charge in [0.1, 0.15) is 0 Å².